The lowest BCUT2D eigenvalue weighted by Gasteiger charge is -2.17. The molecule has 116 valence electrons. The summed E-state index contributed by atoms with van der Waals surface area (Å²) in [5, 5.41) is 0. The zero-order valence-corrected chi connectivity index (χ0v) is 13.4. The van der Waals surface area contributed by atoms with Crippen LogP contribution in [0.1, 0.15) is 21.5 Å². The summed E-state index contributed by atoms with van der Waals surface area (Å²) in [6.07, 6.45) is 0. The number of nitrogens with zero attached hydrogens (tertiary/aromatic N) is 1. The minimum Gasteiger partial charge on any atom is -0.311 e. The normalized spacial score (nSPS) is 9.71. The van der Waals surface area contributed by atoms with Gasteiger partial charge in [-0.2, -0.15) is 0 Å². The third-order valence-electron chi connectivity index (χ3n) is 3.70. The van der Waals surface area contributed by atoms with Crippen molar-refractivity contribution in [2.24, 2.45) is 0 Å². The molecule has 24 heavy (non-hydrogen) atoms. The van der Waals surface area contributed by atoms with Gasteiger partial charge < -0.3 is 4.90 Å². The molecular formula is C22H17NO. The Morgan fingerprint density at radius 1 is 0.708 bits per heavy atom. The molecule has 0 bridgehead atoms. The molecule has 2 nitrogen and oxygen atoms in total. The number of amides is 1. The first kappa shape index (κ1) is 15.6. The van der Waals surface area contributed by atoms with Gasteiger partial charge in [0.05, 0.1) is 0 Å². The highest BCUT2D eigenvalue weighted by atomic mass is 16.2. The summed E-state index contributed by atoms with van der Waals surface area (Å²) in [6, 6.07) is 26.8. The first-order valence-corrected chi connectivity index (χ1v) is 7.74. The number of benzene rings is 3. The van der Waals surface area contributed by atoms with Gasteiger partial charge in [0.15, 0.2) is 0 Å². The molecule has 0 radical (unpaired) electrons. The highest BCUT2D eigenvalue weighted by molar-refractivity contribution is 6.05. The molecule has 0 saturated carbocycles. The lowest BCUT2D eigenvalue weighted by Crippen LogP contribution is -2.26. The lowest BCUT2D eigenvalue weighted by molar-refractivity contribution is 0.0993. The van der Waals surface area contributed by atoms with Crippen LogP contribution in [0.25, 0.3) is 0 Å². The van der Waals surface area contributed by atoms with Gasteiger partial charge >= 0.3 is 0 Å². The van der Waals surface area contributed by atoms with Crippen LogP contribution in [0.5, 0.6) is 0 Å². The largest absolute Gasteiger partial charge is 0.311 e. The number of hydrogen-bond acceptors (Lipinski definition) is 1. The second kappa shape index (κ2) is 7.30. The second-order valence-electron chi connectivity index (χ2n) is 5.39. The van der Waals surface area contributed by atoms with E-state index in [9.17, 15) is 4.79 Å². The van der Waals surface area contributed by atoms with Crippen molar-refractivity contribution in [1.82, 2.24) is 0 Å². The number of carbonyl (C=O) groups is 1. The summed E-state index contributed by atoms with van der Waals surface area (Å²) in [6.45, 7) is 0. The zero-order valence-electron chi connectivity index (χ0n) is 13.4. The Morgan fingerprint density at radius 3 is 1.79 bits per heavy atom. The van der Waals surface area contributed by atoms with E-state index in [1.807, 2.05) is 84.9 Å². The third kappa shape index (κ3) is 3.71. The van der Waals surface area contributed by atoms with Crippen molar-refractivity contribution < 1.29 is 4.79 Å². The highest BCUT2D eigenvalue weighted by Crippen LogP contribution is 2.16. The van der Waals surface area contributed by atoms with Crippen molar-refractivity contribution in [3.63, 3.8) is 0 Å². The topological polar surface area (TPSA) is 20.3 Å². The SMILES string of the molecule is CN(C(=O)c1ccccc1)c1ccc(C#Cc2ccccc2)cc1. The summed E-state index contributed by atoms with van der Waals surface area (Å²) in [7, 11) is 1.78. The van der Waals surface area contributed by atoms with E-state index in [-0.39, 0.29) is 5.91 Å². The van der Waals surface area contributed by atoms with E-state index < -0.39 is 0 Å². The van der Waals surface area contributed by atoms with Crippen LogP contribution in [-0.4, -0.2) is 13.0 Å². The van der Waals surface area contributed by atoms with Crippen LogP contribution < -0.4 is 4.90 Å². The Morgan fingerprint density at radius 2 is 1.21 bits per heavy atom. The molecule has 0 heterocycles. The lowest BCUT2D eigenvalue weighted by atomic mass is 10.1. The van der Waals surface area contributed by atoms with Crippen LogP contribution in [0.2, 0.25) is 0 Å². The maximum Gasteiger partial charge on any atom is 0.258 e. The quantitative estimate of drug-likeness (QED) is 0.644. The summed E-state index contributed by atoms with van der Waals surface area (Å²) in [5.41, 5.74) is 3.42. The Bertz CT molecular complexity index is 872. The molecule has 0 spiro atoms. The molecule has 0 aliphatic carbocycles. The van der Waals surface area contributed by atoms with Gasteiger partial charge in [-0.3, -0.25) is 4.79 Å². The average molecular weight is 311 g/mol. The molecule has 2 heteroatoms. The van der Waals surface area contributed by atoms with Gasteiger partial charge in [-0.05, 0) is 48.5 Å². The minimum absolute atomic E-state index is 0.0290. The third-order valence-corrected chi connectivity index (χ3v) is 3.70. The molecular weight excluding hydrogens is 294 g/mol. The van der Waals surface area contributed by atoms with Gasteiger partial charge in [0.2, 0.25) is 0 Å². The number of hydrogen-bond donors (Lipinski definition) is 0. The second-order valence-corrected chi connectivity index (χ2v) is 5.39. The molecule has 3 rings (SSSR count). The maximum absolute atomic E-state index is 12.4. The molecule has 0 aromatic heterocycles. The van der Waals surface area contributed by atoms with Crippen LogP contribution in [0.4, 0.5) is 5.69 Å². The first-order valence-electron chi connectivity index (χ1n) is 7.74. The Kier molecular flexibility index (Phi) is 4.74. The molecule has 0 N–H and O–H groups in total. The number of carbonyl (C=O) groups excluding carboxylic acids is 1. The molecule has 0 aliphatic rings. The van der Waals surface area contributed by atoms with Gasteiger partial charge in [0, 0.05) is 29.4 Å². The summed E-state index contributed by atoms with van der Waals surface area (Å²) in [5.74, 6) is 6.23. The smallest absolute Gasteiger partial charge is 0.258 e. The summed E-state index contributed by atoms with van der Waals surface area (Å²) < 4.78 is 0. The van der Waals surface area contributed by atoms with Gasteiger partial charge in [0.1, 0.15) is 0 Å². The van der Waals surface area contributed by atoms with Gasteiger partial charge in [-0.1, -0.05) is 48.2 Å². The molecule has 3 aromatic carbocycles. The molecule has 0 atom stereocenters. The van der Waals surface area contributed by atoms with E-state index in [1.54, 1.807) is 11.9 Å². The van der Waals surface area contributed by atoms with E-state index in [1.165, 1.54) is 0 Å². The van der Waals surface area contributed by atoms with Crippen molar-refractivity contribution in [3.05, 3.63) is 102 Å². The maximum atomic E-state index is 12.4. The monoisotopic (exact) mass is 311 g/mol. The fourth-order valence-electron chi connectivity index (χ4n) is 2.33. The fourth-order valence-corrected chi connectivity index (χ4v) is 2.33. The van der Waals surface area contributed by atoms with Gasteiger partial charge in [-0.15, -0.1) is 0 Å². The molecule has 3 aromatic rings. The van der Waals surface area contributed by atoms with Crippen molar-refractivity contribution in [2.45, 2.75) is 0 Å². The van der Waals surface area contributed by atoms with Gasteiger partial charge in [0.25, 0.3) is 5.91 Å². The number of anilines is 1. The van der Waals surface area contributed by atoms with Crippen molar-refractivity contribution >= 4 is 11.6 Å². The summed E-state index contributed by atoms with van der Waals surface area (Å²) >= 11 is 0. The van der Waals surface area contributed by atoms with Crippen LogP contribution >= 0.6 is 0 Å². The van der Waals surface area contributed by atoms with E-state index >= 15 is 0 Å². The van der Waals surface area contributed by atoms with E-state index in [2.05, 4.69) is 11.8 Å². The van der Waals surface area contributed by atoms with Crippen LogP contribution in [0.3, 0.4) is 0 Å². The van der Waals surface area contributed by atoms with Crippen molar-refractivity contribution in [2.75, 3.05) is 11.9 Å². The van der Waals surface area contributed by atoms with Gasteiger partial charge in [-0.25, -0.2) is 0 Å². The van der Waals surface area contributed by atoms with Crippen molar-refractivity contribution in [3.8, 4) is 11.8 Å². The Hall–Kier alpha value is -3.31. The number of rotatable bonds is 2. The fraction of sp³-hybridized carbons (Fsp3) is 0.0455. The van der Waals surface area contributed by atoms with Crippen LogP contribution in [0.15, 0.2) is 84.9 Å². The Balaban J connectivity index is 1.75. The molecule has 1 amide bonds. The predicted molar refractivity (Wildman–Crippen MR) is 98.0 cm³/mol. The van der Waals surface area contributed by atoms with E-state index in [0.29, 0.717) is 5.56 Å². The molecule has 0 unspecified atom stereocenters. The Labute approximate surface area is 142 Å². The predicted octanol–water partition coefficient (Wildman–Crippen LogP) is 4.36. The molecule has 0 saturated heterocycles. The van der Waals surface area contributed by atoms with Crippen LogP contribution in [0, 0.1) is 11.8 Å². The zero-order chi connectivity index (χ0) is 16.8. The van der Waals surface area contributed by atoms with E-state index in [4.69, 9.17) is 0 Å². The van der Waals surface area contributed by atoms with Crippen molar-refractivity contribution in [1.29, 1.82) is 0 Å². The highest BCUT2D eigenvalue weighted by Gasteiger charge is 2.12. The summed E-state index contributed by atoms with van der Waals surface area (Å²) in [4.78, 5) is 14.1. The first-order chi connectivity index (χ1) is 11.7. The minimum atomic E-state index is -0.0290. The molecule has 0 aliphatic heterocycles. The average Bonchev–Trinajstić information content (AvgIpc) is 2.67. The molecule has 0 fully saturated rings. The van der Waals surface area contributed by atoms with E-state index in [0.717, 1.165) is 16.8 Å². The standard InChI is InChI=1S/C22H17NO/c1-23(22(24)20-10-6-3-7-11-20)21-16-14-19(15-17-21)13-12-18-8-4-2-5-9-18/h2-11,14-17H,1H3. The van der Waals surface area contributed by atoms with Crippen LogP contribution in [-0.2, 0) is 0 Å².